The molecular weight excluding hydrogens is 200 g/mol. The minimum atomic E-state index is 0.588. The van der Waals surface area contributed by atoms with Crippen LogP contribution in [0.15, 0.2) is 18.6 Å². The van der Waals surface area contributed by atoms with E-state index >= 15 is 0 Å². The van der Waals surface area contributed by atoms with Gasteiger partial charge in [-0.05, 0) is 32.9 Å². The van der Waals surface area contributed by atoms with Gasteiger partial charge in [0.1, 0.15) is 5.82 Å². The number of piperidine rings is 1. The van der Waals surface area contributed by atoms with Crippen molar-refractivity contribution in [1.82, 2.24) is 19.7 Å². The molecule has 1 N–H and O–H groups in total. The fraction of sp³-hybridized carbons (Fsp3) is 0.500. The first-order valence-corrected chi connectivity index (χ1v) is 5.85. The number of nitrogens with one attached hydrogen (secondary N) is 1. The van der Waals surface area contributed by atoms with E-state index in [-0.39, 0.29) is 0 Å². The van der Waals surface area contributed by atoms with Crippen molar-refractivity contribution < 1.29 is 0 Å². The monoisotopic (exact) mass is 216 g/mol. The number of hydrogen-bond acceptors (Lipinski definition) is 3. The zero-order chi connectivity index (χ0) is 11.0. The van der Waals surface area contributed by atoms with Crippen molar-refractivity contribution in [3.63, 3.8) is 0 Å². The van der Waals surface area contributed by atoms with Gasteiger partial charge in [0, 0.05) is 18.3 Å². The average molecular weight is 216 g/mol. The fourth-order valence-corrected chi connectivity index (χ4v) is 2.46. The van der Waals surface area contributed by atoms with E-state index in [1.165, 1.54) is 18.7 Å². The molecule has 0 bridgehead atoms. The first-order chi connectivity index (χ1) is 7.86. The van der Waals surface area contributed by atoms with Gasteiger partial charge in [0.15, 0.2) is 0 Å². The van der Waals surface area contributed by atoms with E-state index < -0.39 is 0 Å². The standard InChI is InChI=1S/C12H16N4/c1-9-11-8-15-12(16(11)7-6-14-9)10-2-4-13-5-3-10/h6-8,10,13H,2-5H2,1H3. The highest BCUT2D eigenvalue weighted by molar-refractivity contribution is 5.50. The average Bonchev–Trinajstić information content (AvgIpc) is 2.75. The number of imidazole rings is 1. The van der Waals surface area contributed by atoms with E-state index in [2.05, 4.69) is 19.7 Å². The van der Waals surface area contributed by atoms with Crippen LogP contribution in [-0.2, 0) is 0 Å². The summed E-state index contributed by atoms with van der Waals surface area (Å²) in [4.78, 5) is 8.87. The minimum absolute atomic E-state index is 0.588. The molecule has 0 radical (unpaired) electrons. The SMILES string of the molecule is Cc1nccn2c(C3CCNCC3)ncc12. The summed E-state index contributed by atoms with van der Waals surface area (Å²) in [5.41, 5.74) is 2.19. The van der Waals surface area contributed by atoms with E-state index in [0.29, 0.717) is 5.92 Å². The summed E-state index contributed by atoms with van der Waals surface area (Å²) in [6, 6.07) is 0. The number of aryl methyl sites for hydroxylation is 1. The molecule has 16 heavy (non-hydrogen) atoms. The lowest BCUT2D eigenvalue weighted by atomic mass is 9.97. The highest BCUT2D eigenvalue weighted by Gasteiger charge is 2.19. The van der Waals surface area contributed by atoms with Crippen molar-refractivity contribution in [2.24, 2.45) is 0 Å². The second-order valence-corrected chi connectivity index (χ2v) is 4.41. The molecule has 4 nitrogen and oxygen atoms in total. The Balaban J connectivity index is 2.06. The summed E-state index contributed by atoms with van der Waals surface area (Å²) in [7, 11) is 0. The molecule has 0 spiro atoms. The third-order valence-electron chi connectivity index (χ3n) is 3.38. The van der Waals surface area contributed by atoms with E-state index in [9.17, 15) is 0 Å². The Labute approximate surface area is 94.7 Å². The quantitative estimate of drug-likeness (QED) is 0.785. The first kappa shape index (κ1) is 9.78. The Morgan fingerprint density at radius 3 is 2.94 bits per heavy atom. The van der Waals surface area contributed by atoms with Gasteiger partial charge in [0.2, 0.25) is 0 Å². The minimum Gasteiger partial charge on any atom is -0.317 e. The third-order valence-corrected chi connectivity index (χ3v) is 3.38. The molecule has 1 aliphatic rings. The van der Waals surface area contributed by atoms with Crippen molar-refractivity contribution in [1.29, 1.82) is 0 Å². The second kappa shape index (κ2) is 3.87. The van der Waals surface area contributed by atoms with Crippen LogP contribution in [0.25, 0.3) is 5.52 Å². The molecule has 2 aromatic heterocycles. The third kappa shape index (κ3) is 1.50. The largest absolute Gasteiger partial charge is 0.317 e. The van der Waals surface area contributed by atoms with Gasteiger partial charge in [0.25, 0.3) is 0 Å². The van der Waals surface area contributed by atoms with E-state index in [4.69, 9.17) is 0 Å². The predicted molar refractivity (Wildman–Crippen MR) is 62.6 cm³/mol. The summed E-state index contributed by atoms with van der Waals surface area (Å²) in [5, 5.41) is 3.39. The van der Waals surface area contributed by atoms with Gasteiger partial charge in [0.05, 0.1) is 17.4 Å². The molecule has 2 aromatic rings. The Hall–Kier alpha value is -1.42. The summed E-state index contributed by atoms with van der Waals surface area (Å²) >= 11 is 0. The van der Waals surface area contributed by atoms with E-state index in [1.807, 2.05) is 25.5 Å². The normalized spacial score (nSPS) is 18.1. The maximum absolute atomic E-state index is 4.58. The van der Waals surface area contributed by atoms with Gasteiger partial charge in [-0.1, -0.05) is 0 Å². The molecule has 0 aliphatic carbocycles. The van der Waals surface area contributed by atoms with Crippen LogP contribution in [0.1, 0.15) is 30.3 Å². The van der Waals surface area contributed by atoms with Crippen molar-refractivity contribution >= 4 is 5.52 Å². The molecule has 0 amide bonds. The topological polar surface area (TPSA) is 42.2 Å². The van der Waals surface area contributed by atoms with Crippen LogP contribution >= 0.6 is 0 Å². The molecule has 1 saturated heterocycles. The molecule has 0 atom stereocenters. The van der Waals surface area contributed by atoms with Crippen molar-refractivity contribution in [2.75, 3.05) is 13.1 Å². The number of fused-ring (bicyclic) bond motifs is 1. The molecule has 0 saturated carbocycles. The second-order valence-electron chi connectivity index (χ2n) is 4.41. The van der Waals surface area contributed by atoms with Gasteiger partial charge in [-0.15, -0.1) is 0 Å². The summed E-state index contributed by atoms with van der Waals surface area (Å²) in [6.07, 6.45) is 8.18. The van der Waals surface area contributed by atoms with Crippen molar-refractivity contribution in [3.8, 4) is 0 Å². The fourth-order valence-electron chi connectivity index (χ4n) is 2.46. The molecular formula is C12H16N4. The predicted octanol–water partition coefficient (Wildman–Crippen LogP) is 1.50. The lowest BCUT2D eigenvalue weighted by molar-refractivity contribution is 0.444. The van der Waals surface area contributed by atoms with E-state index in [1.54, 1.807) is 0 Å². The van der Waals surface area contributed by atoms with Crippen LogP contribution in [0, 0.1) is 6.92 Å². The van der Waals surface area contributed by atoms with Crippen molar-refractivity contribution in [2.45, 2.75) is 25.7 Å². The first-order valence-electron chi connectivity index (χ1n) is 5.85. The molecule has 0 aromatic carbocycles. The lowest BCUT2D eigenvalue weighted by Gasteiger charge is -2.21. The smallest absolute Gasteiger partial charge is 0.116 e. The molecule has 4 heteroatoms. The molecule has 1 fully saturated rings. The Bertz CT molecular complexity index is 497. The molecule has 0 unspecified atom stereocenters. The van der Waals surface area contributed by atoms with Gasteiger partial charge in [-0.2, -0.15) is 0 Å². The van der Waals surface area contributed by atoms with Crippen LogP contribution in [0.5, 0.6) is 0 Å². The van der Waals surface area contributed by atoms with Gasteiger partial charge in [-0.25, -0.2) is 4.98 Å². The zero-order valence-corrected chi connectivity index (χ0v) is 9.48. The highest BCUT2D eigenvalue weighted by atomic mass is 15.0. The maximum Gasteiger partial charge on any atom is 0.116 e. The molecule has 3 rings (SSSR count). The Kier molecular flexibility index (Phi) is 2.36. The summed E-state index contributed by atoms with van der Waals surface area (Å²) < 4.78 is 2.19. The summed E-state index contributed by atoms with van der Waals surface area (Å²) in [5.74, 6) is 1.78. The van der Waals surface area contributed by atoms with Gasteiger partial charge >= 0.3 is 0 Å². The highest BCUT2D eigenvalue weighted by Crippen LogP contribution is 2.25. The van der Waals surface area contributed by atoms with Crippen molar-refractivity contribution in [3.05, 3.63) is 30.1 Å². The number of aromatic nitrogens is 3. The van der Waals surface area contributed by atoms with Crippen LogP contribution in [0.3, 0.4) is 0 Å². The molecule has 3 heterocycles. The van der Waals surface area contributed by atoms with Gasteiger partial charge in [-0.3, -0.25) is 4.98 Å². The zero-order valence-electron chi connectivity index (χ0n) is 9.48. The maximum atomic E-state index is 4.58. The molecule has 1 aliphatic heterocycles. The number of nitrogens with zero attached hydrogens (tertiary/aromatic N) is 3. The van der Waals surface area contributed by atoms with Crippen LogP contribution in [0.2, 0.25) is 0 Å². The van der Waals surface area contributed by atoms with Crippen LogP contribution in [0.4, 0.5) is 0 Å². The number of rotatable bonds is 1. The Morgan fingerprint density at radius 1 is 1.31 bits per heavy atom. The van der Waals surface area contributed by atoms with E-state index in [0.717, 1.165) is 24.3 Å². The summed E-state index contributed by atoms with van der Waals surface area (Å²) in [6.45, 7) is 4.23. The Morgan fingerprint density at radius 2 is 2.12 bits per heavy atom. The van der Waals surface area contributed by atoms with Crippen LogP contribution in [-0.4, -0.2) is 27.5 Å². The van der Waals surface area contributed by atoms with Gasteiger partial charge < -0.3 is 9.72 Å². The molecule has 84 valence electrons. The van der Waals surface area contributed by atoms with Crippen LogP contribution < -0.4 is 5.32 Å². The lowest BCUT2D eigenvalue weighted by Crippen LogP contribution is -2.27. The number of hydrogen-bond donors (Lipinski definition) is 1.